The van der Waals surface area contributed by atoms with E-state index < -0.39 is 8.38 Å². The molecular weight excluding hydrogens is 409 g/mol. The zero-order chi connectivity index (χ0) is 22.5. The molecule has 1 saturated heterocycles. The molecular formula is C25H40NO4P. The molecule has 1 aromatic carbocycles. The second-order valence-corrected chi connectivity index (χ2v) is 9.32. The van der Waals surface area contributed by atoms with E-state index in [4.69, 9.17) is 18.5 Å². The van der Waals surface area contributed by atoms with Crippen molar-refractivity contribution in [2.24, 2.45) is 5.92 Å². The number of hydrogen-bond donors (Lipinski definition) is 0. The van der Waals surface area contributed by atoms with E-state index in [1.54, 1.807) is 7.11 Å². The summed E-state index contributed by atoms with van der Waals surface area (Å²) in [5.41, 5.74) is 2.32. The average molecular weight is 450 g/mol. The Kier molecular flexibility index (Phi) is 12.0. The number of methoxy groups -OCH3 is 1. The minimum atomic E-state index is -0.795. The predicted molar refractivity (Wildman–Crippen MR) is 130 cm³/mol. The Morgan fingerprint density at radius 3 is 2.48 bits per heavy atom. The second-order valence-electron chi connectivity index (χ2n) is 7.69. The summed E-state index contributed by atoms with van der Waals surface area (Å²) in [7, 11) is 0.926. The zero-order valence-electron chi connectivity index (χ0n) is 19.8. The highest BCUT2D eigenvalue weighted by Crippen LogP contribution is 2.38. The van der Waals surface area contributed by atoms with E-state index in [9.17, 15) is 0 Å². The molecule has 0 amide bonds. The van der Waals surface area contributed by atoms with Crippen LogP contribution in [0.25, 0.3) is 0 Å². The fraction of sp³-hybridized carbons (Fsp3) is 0.600. The maximum Gasteiger partial charge on any atom is 0.170 e. The van der Waals surface area contributed by atoms with Crippen LogP contribution in [0.1, 0.15) is 45.6 Å². The van der Waals surface area contributed by atoms with Crippen molar-refractivity contribution in [3.05, 3.63) is 53.9 Å². The van der Waals surface area contributed by atoms with Gasteiger partial charge in [0.2, 0.25) is 0 Å². The lowest BCUT2D eigenvalue weighted by Crippen LogP contribution is -2.34. The van der Waals surface area contributed by atoms with Crippen LogP contribution in [0.5, 0.6) is 5.75 Å². The molecule has 0 atom stereocenters. The van der Waals surface area contributed by atoms with Gasteiger partial charge in [0, 0.05) is 31.4 Å². The molecule has 1 heterocycles. The lowest BCUT2D eigenvalue weighted by molar-refractivity contribution is 0.166. The minimum absolute atomic E-state index is 0.577. The number of benzene rings is 1. The van der Waals surface area contributed by atoms with Crippen LogP contribution in [0.2, 0.25) is 0 Å². The number of ether oxygens (including phenoxy) is 2. The largest absolute Gasteiger partial charge is 0.501 e. The van der Waals surface area contributed by atoms with Gasteiger partial charge in [-0.3, -0.25) is 0 Å². The van der Waals surface area contributed by atoms with Crippen molar-refractivity contribution in [1.29, 1.82) is 0 Å². The van der Waals surface area contributed by atoms with Gasteiger partial charge < -0.3 is 23.4 Å². The van der Waals surface area contributed by atoms with Gasteiger partial charge in [-0.05, 0) is 62.8 Å². The molecule has 1 fully saturated rings. The Morgan fingerprint density at radius 2 is 1.87 bits per heavy atom. The summed E-state index contributed by atoms with van der Waals surface area (Å²) < 4.78 is 22.9. The van der Waals surface area contributed by atoms with E-state index in [1.807, 2.05) is 13.8 Å². The Bertz CT molecular complexity index is 674. The van der Waals surface area contributed by atoms with Crippen molar-refractivity contribution < 1.29 is 18.5 Å². The monoisotopic (exact) mass is 449 g/mol. The van der Waals surface area contributed by atoms with Gasteiger partial charge in [-0.25, -0.2) is 0 Å². The average Bonchev–Trinajstić information content (AvgIpc) is 2.80. The van der Waals surface area contributed by atoms with Crippen molar-refractivity contribution >= 4 is 8.38 Å². The summed E-state index contributed by atoms with van der Waals surface area (Å²) in [5, 5.41) is 0. The van der Waals surface area contributed by atoms with Crippen LogP contribution in [0, 0.1) is 5.92 Å². The number of nitrogens with zero attached hydrogens (tertiary/aromatic N) is 1. The van der Waals surface area contributed by atoms with Crippen molar-refractivity contribution in [3.8, 4) is 5.75 Å². The van der Waals surface area contributed by atoms with Gasteiger partial charge in [-0.15, -0.1) is 0 Å². The first-order valence-electron chi connectivity index (χ1n) is 11.5. The number of allylic oxidation sites excluding steroid dienone is 2. The molecule has 1 aliphatic heterocycles. The van der Waals surface area contributed by atoms with Crippen molar-refractivity contribution in [2.75, 3.05) is 46.2 Å². The van der Waals surface area contributed by atoms with Crippen LogP contribution >= 0.6 is 8.38 Å². The zero-order valence-corrected chi connectivity index (χ0v) is 20.7. The Hall–Kier alpha value is -1.55. The Morgan fingerprint density at radius 1 is 1.16 bits per heavy atom. The third-order valence-electron chi connectivity index (χ3n) is 5.47. The van der Waals surface area contributed by atoms with Gasteiger partial charge >= 0.3 is 0 Å². The molecule has 5 nitrogen and oxygen atoms in total. The quantitative estimate of drug-likeness (QED) is 0.193. The van der Waals surface area contributed by atoms with Crippen LogP contribution in [0.3, 0.4) is 0 Å². The number of likely N-dealkylation sites (tertiary alicyclic amines) is 1. The van der Waals surface area contributed by atoms with Gasteiger partial charge in [-0.1, -0.05) is 25.6 Å². The molecule has 0 bridgehead atoms. The fourth-order valence-electron chi connectivity index (χ4n) is 3.65. The number of aryl methyl sites for hydroxylation is 1. The molecule has 31 heavy (non-hydrogen) atoms. The highest BCUT2D eigenvalue weighted by atomic mass is 31.2. The number of rotatable bonds is 14. The first-order chi connectivity index (χ1) is 15.1. The molecule has 0 unspecified atom stereocenters. The SMILES string of the molecule is C=C(/C=C(\CC)OC)N1CCC(COc2cccc(CCP(OCC)OCC)c2)CC1. The van der Waals surface area contributed by atoms with Crippen LogP contribution in [0.4, 0.5) is 0 Å². The third kappa shape index (κ3) is 9.22. The first kappa shape index (κ1) is 25.7. The van der Waals surface area contributed by atoms with Crippen molar-refractivity contribution in [3.63, 3.8) is 0 Å². The molecule has 0 radical (unpaired) electrons. The fourth-order valence-corrected chi connectivity index (χ4v) is 5.00. The van der Waals surface area contributed by atoms with Crippen molar-refractivity contribution in [1.82, 2.24) is 4.90 Å². The Labute approximate surface area is 190 Å². The van der Waals surface area contributed by atoms with Crippen molar-refractivity contribution in [2.45, 2.75) is 46.5 Å². The topological polar surface area (TPSA) is 40.2 Å². The van der Waals surface area contributed by atoms with Crippen LogP contribution in [0.15, 0.2) is 48.4 Å². The van der Waals surface area contributed by atoms with Gasteiger partial charge in [0.15, 0.2) is 8.38 Å². The van der Waals surface area contributed by atoms with E-state index >= 15 is 0 Å². The molecule has 0 aromatic heterocycles. The minimum Gasteiger partial charge on any atom is -0.501 e. The molecule has 0 aliphatic carbocycles. The van der Waals surface area contributed by atoms with E-state index in [0.717, 1.165) is 68.7 Å². The first-order valence-corrected chi connectivity index (χ1v) is 12.9. The molecule has 174 valence electrons. The summed E-state index contributed by atoms with van der Waals surface area (Å²) in [6, 6.07) is 8.44. The van der Waals surface area contributed by atoms with Gasteiger partial charge in [0.05, 0.1) is 32.7 Å². The summed E-state index contributed by atoms with van der Waals surface area (Å²) in [4.78, 5) is 2.35. The highest BCUT2D eigenvalue weighted by molar-refractivity contribution is 7.47. The standard InChI is InChI=1S/C25H40NO4P/c1-6-24(27-5)18-21(4)26-15-12-23(13-16-26)20-28-25-11-9-10-22(19-25)14-17-31(29-7-2)30-8-3/h9-11,18-19,23H,4,6-8,12-17,20H2,1-3,5H3/b24-18+. The highest BCUT2D eigenvalue weighted by Gasteiger charge is 2.20. The van der Waals surface area contributed by atoms with Crippen LogP contribution in [-0.4, -0.2) is 51.1 Å². The lowest BCUT2D eigenvalue weighted by Gasteiger charge is -2.34. The van der Waals surface area contributed by atoms with E-state index in [2.05, 4.69) is 48.7 Å². The Balaban J connectivity index is 1.77. The summed E-state index contributed by atoms with van der Waals surface area (Å²) in [5.74, 6) is 2.51. The van der Waals surface area contributed by atoms with Gasteiger partial charge in [0.25, 0.3) is 0 Å². The molecule has 1 aliphatic rings. The van der Waals surface area contributed by atoms with E-state index in [-0.39, 0.29) is 0 Å². The van der Waals surface area contributed by atoms with Gasteiger partial charge in [0.1, 0.15) is 5.75 Å². The number of hydrogen-bond acceptors (Lipinski definition) is 5. The van der Waals surface area contributed by atoms with Crippen LogP contribution < -0.4 is 4.74 Å². The second kappa shape index (κ2) is 14.5. The maximum atomic E-state index is 6.15. The molecule has 1 aromatic rings. The summed E-state index contributed by atoms with van der Waals surface area (Å²) >= 11 is 0. The van der Waals surface area contributed by atoms with Gasteiger partial charge in [-0.2, -0.15) is 0 Å². The summed E-state index contributed by atoms with van der Waals surface area (Å²) in [6.07, 6.45) is 7.04. The summed E-state index contributed by atoms with van der Waals surface area (Å²) in [6.45, 7) is 14.5. The maximum absolute atomic E-state index is 6.15. The van der Waals surface area contributed by atoms with Crippen LogP contribution in [-0.2, 0) is 20.2 Å². The normalized spacial score (nSPS) is 15.4. The smallest absolute Gasteiger partial charge is 0.170 e. The third-order valence-corrected chi connectivity index (χ3v) is 7.15. The van der Waals surface area contributed by atoms with E-state index in [0.29, 0.717) is 19.1 Å². The molecule has 0 spiro atoms. The molecule has 6 heteroatoms. The molecule has 2 rings (SSSR count). The number of piperidine rings is 1. The predicted octanol–water partition coefficient (Wildman–Crippen LogP) is 6.16. The molecule has 0 saturated carbocycles. The lowest BCUT2D eigenvalue weighted by atomic mass is 9.97. The van der Waals surface area contributed by atoms with E-state index in [1.165, 1.54) is 5.56 Å². The molecule has 0 N–H and O–H groups in total.